The van der Waals surface area contributed by atoms with Gasteiger partial charge in [-0.1, -0.05) is 48.5 Å². The Bertz CT molecular complexity index is 1110. The van der Waals surface area contributed by atoms with E-state index in [0.717, 1.165) is 33.8 Å². The van der Waals surface area contributed by atoms with E-state index in [4.69, 9.17) is 4.74 Å². The number of aromatic nitrogens is 1. The zero-order chi connectivity index (χ0) is 19.9. The van der Waals surface area contributed by atoms with E-state index in [1.807, 2.05) is 84.9 Å². The molecule has 1 aromatic heterocycles. The zero-order valence-electron chi connectivity index (χ0n) is 15.8. The van der Waals surface area contributed by atoms with Crippen LogP contribution in [-0.2, 0) is 4.79 Å². The third-order valence-electron chi connectivity index (χ3n) is 4.43. The average molecular weight is 383 g/mol. The summed E-state index contributed by atoms with van der Waals surface area (Å²) in [4.78, 5) is 16.8. The first kappa shape index (κ1) is 18.5. The highest BCUT2D eigenvalue weighted by Crippen LogP contribution is 2.29. The quantitative estimate of drug-likeness (QED) is 0.444. The second-order valence-corrected chi connectivity index (χ2v) is 6.52. The van der Waals surface area contributed by atoms with Crippen LogP contribution in [0, 0.1) is 0 Å². The van der Waals surface area contributed by atoms with Gasteiger partial charge in [-0.05, 0) is 36.4 Å². The highest BCUT2D eigenvalue weighted by Gasteiger charge is 2.08. The van der Waals surface area contributed by atoms with Gasteiger partial charge < -0.3 is 15.4 Å². The van der Waals surface area contributed by atoms with Crippen molar-refractivity contribution in [2.75, 3.05) is 17.2 Å². The van der Waals surface area contributed by atoms with Crippen LogP contribution in [0.25, 0.3) is 10.9 Å². The van der Waals surface area contributed by atoms with Crippen molar-refractivity contribution < 1.29 is 9.53 Å². The van der Waals surface area contributed by atoms with Crippen molar-refractivity contribution in [2.24, 2.45) is 0 Å². The second-order valence-electron chi connectivity index (χ2n) is 6.52. The molecule has 1 heterocycles. The van der Waals surface area contributed by atoms with Gasteiger partial charge in [-0.15, -0.1) is 0 Å². The Balaban J connectivity index is 1.36. The van der Waals surface area contributed by atoms with Crippen molar-refractivity contribution >= 4 is 28.2 Å². The normalized spacial score (nSPS) is 10.5. The van der Waals surface area contributed by atoms with Crippen LogP contribution in [-0.4, -0.2) is 17.4 Å². The minimum atomic E-state index is -0.0721. The number of nitrogens with zero attached hydrogens (tertiary/aromatic N) is 1. The molecule has 4 aromatic rings. The van der Waals surface area contributed by atoms with Gasteiger partial charge in [0.2, 0.25) is 5.91 Å². The molecule has 4 rings (SSSR count). The molecular formula is C24H21N3O2. The smallest absolute Gasteiger partial charge is 0.226 e. The minimum Gasteiger partial charge on any atom is -0.455 e. The van der Waals surface area contributed by atoms with Gasteiger partial charge in [0.15, 0.2) is 5.75 Å². The molecule has 0 spiro atoms. The highest BCUT2D eigenvalue weighted by molar-refractivity contribution is 6.00. The number of para-hydroxylation sites is 4. The topological polar surface area (TPSA) is 63.2 Å². The fourth-order valence-corrected chi connectivity index (χ4v) is 3.05. The van der Waals surface area contributed by atoms with E-state index in [1.54, 1.807) is 6.20 Å². The Morgan fingerprint density at radius 2 is 1.59 bits per heavy atom. The lowest BCUT2D eigenvalue weighted by atomic mass is 10.2. The number of carbonyl (C=O) groups excluding carboxylic acids is 1. The number of hydrogen-bond acceptors (Lipinski definition) is 4. The first-order chi connectivity index (χ1) is 14.3. The lowest BCUT2D eigenvalue weighted by Crippen LogP contribution is -2.16. The van der Waals surface area contributed by atoms with Crippen molar-refractivity contribution in [1.82, 2.24) is 4.98 Å². The third kappa shape index (κ3) is 4.71. The van der Waals surface area contributed by atoms with Crippen molar-refractivity contribution in [3.63, 3.8) is 0 Å². The van der Waals surface area contributed by atoms with Gasteiger partial charge >= 0.3 is 0 Å². The van der Waals surface area contributed by atoms with E-state index >= 15 is 0 Å². The summed E-state index contributed by atoms with van der Waals surface area (Å²) in [6, 6.07) is 26.9. The number of amides is 1. The average Bonchev–Trinajstić information content (AvgIpc) is 2.76. The third-order valence-corrected chi connectivity index (χ3v) is 4.43. The standard InChI is InChI=1S/C24H21N3O2/c28-23(27-21-13-6-8-18-9-7-16-26-24(18)21)15-17-25-20-12-4-5-14-22(20)29-19-10-2-1-3-11-19/h1-14,16,25H,15,17H2,(H,27,28). The van der Waals surface area contributed by atoms with Crippen molar-refractivity contribution in [3.8, 4) is 11.5 Å². The summed E-state index contributed by atoms with van der Waals surface area (Å²) in [6.45, 7) is 0.485. The molecule has 0 fully saturated rings. The fraction of sp³-hybridized carbons (Fsp3) is 0.0833. The fourth-order valence-electron chi connectivity index (χ4n) is 3.05. The number of ether oxygens (including phenoxy) is 1. The first-order valence-electron chi connectivity index (χ1n) is 9.49. The number of hydrogen-bond donors (Lipinski definition) is 2. The highest BCUT2D eigenvalue weighted by atomic mass is 16.5. The summed E-state index contributed by atoms with van der Waals surface area (Å²) in [5.41, 5.74) is 2.36. The molecule has 0 bridgehead atoms. The minimum absolute atomic E-state index is 0.0721. The Morgan fingerprint density at radius 1 is 0.828 bits per heavy atom. The van der Waals surface area contributed by atoms with Gasteiger partial charge in [-0.25, -0.2) is 0 Å². The lowest BCUT2D eigenvalue weighted by molar-refractivity contribution is -0.115. The summed E-state index contributed by atoms with van der Waals surface area (Å²) in [6.07, 6.45) is 2.05. The number of rotatable bonds is 7. The Labute approximate surface area is 169 Å². The predicted molar refractivity (Wildman–Crippen MR) is 116 cm³/mol. The first-order valence-corrected chi connectivity index (χ1v) is 9.49. The van der Waals surface area contributed by atoms with Crippen LogP contribution in [0.2, 0.25) is 0 Å². The maximum Gasteiger partial charge on any atom is 0.226 e. The Morgan fingerprint density at radius 3 is 2.48 bits per heavy atom. The molecule has 3 aromatic carbocycles. The summed E-state index contributed by atoms with van der Waals surface area (Å²) < 4.78 is 5.94. The van der Waals surface area contributed by atoms with E-state index in [9.17, 15) is 4.79 Å². The van der Waals surface area contributed by atoms with Crippen LogP contribution in [0.15, 0.2) is 91.1 Å². The summed E-state index contributed by atoms with van der Waals surface area (Å²) in [7, 11) is 0. The summed E-state index contributed by atoms with van der Waals surface area (Å²) in [5.74, 6) is 1.41. The molecule has 0 radical (unpaired) electrons. The van der Waals surface area contributed by atoms with E-state index in [-0.39, 0.29) is 5.91 Å². The van der Waals surface area contributed by atoms with E-state index < -0.39 is 0 Å². The monoisotopic (exact) mass is 383 g/mol. The molecule has 144 valence electrons. The molecular weight excluding hydrogens is 362 g/mol. The molecule has 0 aliphatic heterocycles. The van der Waals surface area contributed by atoms with Crippen molar-refractivity contribution in [3.05, 3.63) is 91.1 Å². The van der Waals surface area contributed by atoms with Crippen LogP contribution in [0.4, 0.5) is 11.4 Å². The van der Waals surface area contributed by atoms with Crippen LogP contribution in [0.3, 0.4) is 0 Å². The lowest BCUT2D eigenvalue weighted by Gasteiger charge is -2.13. The molecule has 0 aliphatic rings. The molecule has 0 saturated carbocycles. The van der Waals surface area contributed by atoms with Crippen molar-refractivity contribution in [1.29, 1.82) is 0 Å². The number of pyridine rings is 1. The maximum atomic E-state index is 12.4. The number of nitrogens with one attached hydrogen (secondary N) is 2. The number of carbonyl (C=O) groups is 1. The van der Waals surface area contributed by atoms with Gasteiger partial charge in [-0.3, -0.25) is 9.78 Å². The molecule has 0 aliphatic carbocycles. The van der Waals surface area contributed by atoms with Crippen molar-refractivity contribution in [2.45, 2.75) is 6.42 Å². The van der Waals surface area contributed by atoms with Crippen LogP contribution < -0.4 is 15.4 Å². The van der Waals surface area contributed by atoms with E-state index in [1.165, 1.54) is 0 Å². The zero-order valence-corrected chi connectivity index (χ0v) is 15.8. The van der Waals surface area contributed by atoms with Gasteiger partial charge in [0.25, 0.3) is 0 Å². The predicted octanol–water partition coefficient (Wildman–Crippen LogP) is 5.47. The van der Waals surface area contributed by atoms with Crippen LogP contribution in [0.5, 0.6) is 11.5 Å². The molecule has 0 saturated heterocycles. The Hall–Kier alpha value is -3.86. The number of benzene rings is 3. The van der Waals surface area contributed by atoms with Crippen LogP contribution in [0.1, 0.15) is 6.42 Å². The number of fused-ring (bicyclic) bond motifs is 1. The molecule has 29 heavy (non-hydrogen) atoms. The largest absolute Gasteiger partial charge is 0.455 e. The molecule has 0 unspecified atom stereocenters. The second kappa shape index (κ2) is 8.89. The molecule has 2 N–H and O–H groups in total. The van der Waals surface area contributed by atoms with Gasteiger partial charge in [0, 0.05) is 24.5 Å². The van der Waals surface area contributed by atoms with Gasteiger partial charge in [0.1, 0.15) is 5.75 Å². The summed E-state index contributed by atoms with van der Waals surface area (Å²) in [5, 5.41) is 7.23. The summed E-state index contributed by atoms with van der Waals surface area (Å²) >= 11 is 0. The van der Waals surface area contributed by atoms with Crippen LogP contribution >= 0.6 is 0 Å². The van der Waals surface area contributed by atoms with E-state index in [0.29, 0.717) is 13.0 Å². The maximum absolute atomic E-state index is 12.4. The molecule has 0 atom stereocenters. The molecule has 5 heteroatoms. The SMILES string of the molecule is O=C(CCNc1ccccc1Oc1ccccc1)Nc1cccc2cccnc12. The molecule has 1 amide bonds. The molecule has 5 nitrogen and oxygen atoms in total. The Kier molecular flexibility index (Phi) is 5.67. The van der Waals surface area contributed by atoms with Gasteiger partial charge in [-0.2, -0.15) is 0 Å². The van der Waals surface area contributed by atoms with E-state index in [2.05, 4.69) is 15.6 Å². The van der Waals surface area contributed by atoms with Gasteiger partial charge in [0.05, 0.1) is 16.9 Å². The number of anilines is 2.